The highest BCUT2D eigenvalue weighted by molar-refractivity contribution is 7.99. The summed E-state index contributed by atoms with van der Waals surface area (Å²) in [5.41, 5.74) is -0.447. The van der Waals surface area contributed by atoms with E-state index in [0.717, 1.165) is 30.0 Å². The molecule has 0 heterocycles. The number of hydrogen-bond donors (Lipinski definition) is 1. The van der Waals surface area contributed by atoms with Gasteiger partial charge >= 0.3 is 0 Å². The van der Waals surface area contributed by atoms with Crippen molar-refractivity contribution >= 4 is 11.8 Å². The lowest BCUT2D eigenvalue weighted by molar-refractivity contribution is 0.426. The molecule has 1 atom stereocenters. The molecule has 0 aromatic heterocycles. The van der Waals surface area contributed by atoms with Crippen LogP contribution in [0.2, 0.25) is 0 Å². The Balaban J connectivity index is 2.32. The van der Waals surface area contributed by atoms with Gasteiger partial charge in [-0.25, -0.2) is 4.39 Å². The van der Waals surface area contributed by atoms with Crippen LogP contribution in [-0.2, 0) is 0 Å². The van der Waals surface area contributed by atoms with Gasteiger partial charge in [0.25, 0.3) is 0 Å². The van der Waals surface area contributed by atoms with E-state index in [1.54, 1.807) is 23.9 Å². The first kappa shape index (κ1) is 15.0. The molecule has 1 unspecified atom stereocenters. The summed E-state index contributed by atoms with van der Waals surface area (Å²) in [5.74, 6) is 0.695. The summed E-state index contributed by atoms with van der Waals surface area (Å²) in [6.07, 6.45) is 1.73. The fourth-order valence-electron chi connectivity index (χ4n) is 1.75. The van der Waals surface area contributed by atoms with Gasteiger partial charge in [-0.1, -0.05) is 13.0 Å². The number of nitrogens with one attached hydrogen (secondary N) is 1. The second-order valence-corrected chi connectivity index (χ2v) is 5.55. The van der Waals surface area contributed by atoms with E-state index in [1.807, 2.05) is 19.9 Å². The molecule has 0 aliphatic rings. The standard InChI is InChI=1S/C14H19FN2S/c1-3-17-14(2,11-16)8-5-9-18-13-7-4-6-12(15)10-13/h4,6-7,10,17H,3,5,8-9H2,1-2H3. The monoisotopic (exact) mass is 266 g/mol. The van der Waals surface area contributed by atoms with Crippen molar-refractivity contribution in [1.82, 2.24) is 5.32 Å². The van der Waals surface area contributed by atoms with Crippen molar-refractivity contribution in [2.75, 3.05) is 12.3 Å². The van der Waals surface area contributed by atoms with Crippen LogP contribution in [0.4, 0.5) is 4.39 Å². The molecule has 98 valence electrons. The third kappa shape index (κ3) is 5.07. The van der Waals surface area contributed by atoms with Gasteiger partial charge < -0.3 is 0 Å². The lowest BCUT2D eigenvalue weighted by Crippen LogP contribution is -2.40. The number of nitrogens with zero attached hydrogens (tertiary/aromatic N) is 1. The maximum absolute atomic E-state index is 13.0. The Bertz CT molecular complexity index is 417. The second-order valence-electron chi connectivity index (χ2n) is 4.38. The largest absolute Gasteiger partial charge is 0.300 e. The molecule has 0 amide bonds. The van der Waals surface area contributed by atoms with Crippen molar-refractivity contribution in [3.8, 4) is 6.07 Å². The lowest BCUT2D eigenvalue weighted by atomic mass is 9.98. The third-order valence-corrected chi connectivity index (χ3v) is 3.78. The van der Waals surface area contributed by atoms with E-state index in [9.17, 15) is 4.39 Å². The van der Waals surface area contributed by atoms with Crippen LogP contribution in [-0.4, -0.2) is 17.8 Å². The first-order chi connectivity index (χ1) is 8.59. The van der Waals surface area contributed by atoms with Gasteiger partial charge in [0.05, 0.1) is 6.07 Å². The summed E-state index contributed by atoms with van der Waals surface area (Å²) in [4.78, 5) is 0.942. The molecule has 0 fully saturated rings. The van der Waals surface area contributed by atoms with Crippen LogP contribution in [0.15, 0.2) is 29.2 Å². The molecule has 1 aromatic carbocycles. The summed E-state index contributed by atoms with van der Waals surface area (Å²) < 4.78 is 13.0. The van der Waals surface area contributed by atoms with E-state index in [-0.39, 0.29) is 5.82 Å². The molecule has 0 aliphatic carbocycles. The van der Waals surface area contributed by atoms with Gasteiger partial charge in [-0.3, -0.25) is 5.32 Å². The smallest absolute Gasteiger partial charge is 0.124 e. The highest BCUT2D eigenvalue weighted by Gasteiger charge is 2.21. The average Bonchev–Trinajstić information content (AvgIpc) is 2.35. The molecule has 0 spiro atoms. The predicted molar refractivity (Wildman–Crippen MR) is 74.1 cm³/mol. The molecule has 4 heteroatoms. The van der Waals surface area contributed by atoms with Gasteiger partial charge in [0.15, 0.2) is 0 Å². The van der Waals surface area contributed by atoms with Crippen molar-refractivity contribution in [2.24, 2.45) is 0 Å². The topological polar surface area (TPSA) is 35.8 Å². The third-order valence-electron chi connectivity index (χ3n) is 2.70. The van der Waals surface area contributed by atoms with E-state index >= 15 is 0 Å². The lowest BCUT2D eigenvalue weighted by Gasteiger charge is -2.22. The Morgan fingerprint density at radius 3 is 2.89 bits per heavy atom. The summed E-state index contributed by atoms with van der Waals surface area (Å²) in [7, 11) is 0. The molecular weight excluding hydrogens is 247 g/mol. The molecule has 0 bridgehead atoms. The zero-order valence-electron chi connectivity index (χ0n) is 10.9. The van der Waals surface area contributed by atoms with Crippen molar-refractivity contribution in [2.45, 2.75) is 37.1 Å². The molecular formula is C14H19FN2S. The van der Waals surface area contributed by atoms with Crippen LogP contribution < -0.4 is 5.32 Å². The van der Waals surface area contributed by atoms with Crippen LogP contribution in [0.25, 0.3) is 0 Å². The van der Waals surface area contributed by atoms with Crippen LogP contribution >= 0.6 is 11.8 Å². The fraction of sp³-hybridized carbons (Fsp3) is 0.500. The molecule has 2 nitrogen and oxygen atoms in total. The van der Waals surface area contributed by atoms with Gasteiger partial charge in [0, 0.05) is 4.90 Å². The zero-order chi connectivity index (χ0) is 13.4. The van der Waals surface area contributed by atoms with Crippen molar-refractivity contribution in [3.05, 3.63) is 30.1 Å². The second kappa shape index (κ2) is 7.40. The zero-order valence-corrected chi connectivity index (χ0v) is 11.7. The molecule has 0 saturated heterocycles. The number of hydrogen-bond acceptors (Lipinski definition) is 3. The van der Waals surface area contributed by atoms with Crippen molar-refractivity contribution in [3.63, 3.8) is 0 Å². The molecule has 1 rings (SSSR count). The van der Waals surface area contributed by atoms with Crippen LogP contribution in [0, 0.1) is 17.1 Å². The minimum atomic E-state index is -0.447. The van der Waals surface area contributed by atoms with Gasteiger partial charge in [-0.05, 0) is 50.3 Å². The number of thioether (sulfide) groups is 1. The molecule has 0 saturated carbocycles. The van der Waals surface area contributed by atoms with E-state index < -0.39 is 5.54 Å². The number of nitriles is 1. The van der Waals surface area contributed by atoms with Crippen molar-refractivity contribution < 1.29 is 4.39 Å². The van der Waals surface area contributed by atoms with Gasteiger partial charge in [-0.15, -0.1) is 11.8 Å². The van der Waals surface area contributed by atoms with E-state index in [0.29, 0.717) is 0 Å². The molecule has 1 aromatic rings. The van der Waals surface area contributed by atoms with Crippen LogP contribution in [0.1, 0.15) is 26.7 Å². The maximum atomic E-state index is 13.0. The molecule has 18 heavy (non-hydrogen) atoms. The SMILES string of the molecule is CCNC(C)(C#N)CCCSc1cccc(F)c1. The minimum Gasteiger partial charge on any atom is -0.300 e. The Morgan fingerprint density at radius 2 is 2.28 bits per heavy atom. The fourth-order valence-corrected chi connectivity index (χ4v) is 2.64. The van der Waals surface area contributed by atoms with Crippen molar-refractivity contribution in [1.29, 1.82) is 5.26 Å². The highest BCUT2D eigenvalue weighted by atomic mass is 32.2. The van der Waals surface area contributed by atoms with Gasteiger partial charge in [-0.2, -0.15) is 5.26 Å². The molecule has 1 N–H and O–H groups in total. The number of benzene rings is 1. The summed E-state index contributed by atoms with van der Waals surface area (Å²) in [5, 5.41) is 12.3. The first-order valence-corrected chi connectivity index (χ1v) is 7.13. The van der Waals surface area contributed by atoms with E-state index in [2.05, 4.69) is 11.4 Å². The summed E-state index contributed by atoms with van der Waals surface area (Å²) in [6, 6.07) is 8.92. The number of halogens is 1. The average molecular weight is 266 g/mol. The number of rotatable bonds is 7. The van der Waals surface area contributed by atoms with Crippen LogP contribution in [0.5, 0.6) is 0 Å². The predicted octanol–water partition coefficient (Wildman–Crippen LogP) is 3.59. The Labute approximate surface area is 113 Å². The normalized spacial score (nSPS) is 13.9. The maximum Gasteiger partial charge on any atom is 0.124 e. The van der Waals surface area contributed by atoms with Gasteiger partial charge in [0.1, 0.15) is 11.4 Å². The van der Waals surface area contributed by atoms with Crippen LogP contribution in [0.3, 0.4) is 0 Å². The van der Waals surface area contributed by atoms with Gasteiger partial charge in [0.2, 0.25) is 0 Å². The Kier molecular flexibility index (Phi) is 6.17. The quantitative estimate of drug-likeness (QED) is 0.605. The Morgan fingerprint density at radius 1 is 1.50 bits per heavy atom. The Hall–Kier alpha value is -1.05. The first-order valence-electron chi connectivity index (χ1n) is 6.14. The molecule has 0 aliphatic heterocycles. The van der Waals surface area contributed by atoms with E-state index in [1.165, 1.54) is 6.07 Å². The summed E-state index contributed by atoms with van der Waals surface area (Å²) in [6.45, 7) is 4.71. The minimum absolute atomic E-state index is 0.200. The highest BCUT2D eigenvalue weighted by Crippen LogP contribution is 2.21. The summed E-state index contributed by atoms with van der Waals surface area (Å²) >= 11 is 1.63. The molecule has 0 radical (unpaired) electrons. The van der Waals surface area contributed by atoms with E-state index in [4.69, 9.17) is 5.26 Å².